The standard InChI is InChI=1S/C40H70N2O5/c1-3-5-7-9-11-13-14-15-16-17-18-20-22-28-34-39(44)47-36(30-25-21-19-12-10-8-6-4-2)31-26-23-24-27-33-38(43)42-37(40(45)46)32-29-35-41/h6,8,12,14-15,19,25,30,36-37H,3-5,7,9-11,13,16-18,20-24,26-29,31-35,41H2,1-2H3,(H,42,43)(H,45,46)/b8-6-,15-14-,19-12-,30-25-. The first-order valence-corrected chi connectivity index (χ1v) is 19.0. The monoisotopic (exact) mass is 659 g/mol. The van der Waals surface area contributed by atoms with Crippen molar-refractivity contribution in [3.63, 3.8) is 0 Å². The first kappa shape index (κ1) is 44.3. The topological polar surface area (TPSA) is 119 Å². The van der Waals surface area contributed by atoms with Crippen LogP contribution < -0.4 is 11.1 Å². The maximum Gasteiger partial charge on any atom is 0.326 e. The summed E-state index contributed by atoms with van der Waals surface area (Å²) in [7, 11) is 0. The van der Waals surface area contributed by atoms with E-state index in [-0.39, 0.29) is 18.0 Å². The molecule has 0 aliphatic carbocycles. The number of esters is 1. The molecule has 0 aromatic heterocycles. The summed E-state index contributed by atoms with van der Waals surface area (Å²) >= 11 is 0. The summed E-state index contributed by atoms with van der Waals surface area (Å²) in [5.41, 5.74) is 5.47. The average molecular weight is 659 g/mol. The van der Waals surface area contributed by atoms with E-state index in [1.165, 1.54) is 51.4 Å². The fourth-order valence-electron chi connectivity index (χ4n) is 5.26. The molecule has 0 aliphatic rings. The van der Waals surface area contributed by atoms with Crippen LogP contribution in [0.25, 0.3) is 0 Å². The Balaban J connectivity index is 4.38. The van der Waals surface area contributed by atoms with Gasteiger partial charge >= 0.3 is 11.9 Å². The molecule has 47 heavy (non-hydrogen) atoms. The van der Waals surface area contributed by atoms with Crippen molar-refractivity contribution >= 4 is 17.8 Å². The molecule has 1 amide bonds. The number of carboxylic acid groups (broad SMARTS) is 1. The minimum atomic E-state index is -1.02. The molecule has 0 bridgehead atoms. The molecule has 0 radical (unpaired) electrons. The highest BCUT2D eigenvalue weighted by Gasteiger charge is 2.19. The lowest BCUT2D eigenvalue weighted by molar-refractivity contribution is -0.147. The number of nitrogens with one attached hydrogen (secondary N) is 1. The van der Waals surface area contributed by atoms with Crippen molar-refractivity contribution in [3.05, 3.63) is 48.6 Å². The van der Waals surface area contributed by atoms with Crippen molar-refractivity contribution in [1.82, 2.24) is 5.32 Å². The SMILES string of the molecule is CC/C=C\C/C=C\C/C=C\C(CCCCCCC(=O)NC(CCCN)C(=O)O)OC(=O)CCCCCCC/C=C\CCCCCCC. The number of rotatable bonds is 33. The molecule has 0 aliphatic heterocycles. The Bertz CT molecular complexity index is 880. The van der Waals surface area contributed by atoms with Crippen LogP contribution in [0, 0.1) is 0 Å². The van der Waals surface area contributed by atoms with Gasteiger partial charge in [-0.15, -0.1) is 0 Å². The molecule has 0 aromatic carbocycles. The van der Waals surface area contributed by atoms with Gasteiger partial charge in [0.2, 0.25) is 5.91 Å². The van der Waals surface area contributed by atoms with E-state index in [9.17, 15) is 19.5 Å². The van der Waals surface area contributed by atoms with Crippen molar-refractivity contribution in [3.8, 4) is 0 Å². The van der Waals surface area contributed by atoms with E-state index in [2.05, 4.69) is 61.7 Å². The van der Waals surface area contributed by atoms with Gasteiger partial charge in [0.1, 0.15) is 12.1 Å². The quantitative estimate of drug-likeness (QED) is 0.0367. The summed E-state index contributed by atoms with van der Waals surface area (Å²) in [5, 5.41) is 11.9. The van der Waals surface area contributed by atoms with Crippen LogP contribution in [-0.2, 0) is 19.1 Å². The third kappa shape index (κ3) is 31.7. The fourth-order valence-corrected chi connectivity index (χ4v) is 5.26. The van der Waals surface area contributed by atoms with Gasteiger partial charge < -0.3 is 20.9 Å². The number of amides is 1. The van der Waals surface area contributed by atoms with E-state index in [0.717, 1.165) is 70.6 Å². The number of nitrogens with two attached hydrogens (primary N) is 1. The highest BCUT2D eigenvalue weighted by Crippen LogP contribution is 2.15. The molecule has 7 nitrogen and oxygen atoms in total. The summed E-state index contributed by atoms with van der Waals surface area (Å²) in [5.74, 6) is -1.38. The second kappa shape index (κ2) is 34.7. The number of hydrogen-bond donors (Lipinski definition) is 3. The van der Waals surface area contributed by atoms with Crippen molar-refractivity contribution in [2.24, 2.45) is 5.73 Å². The largest absolute Gasteiger partial charge is 0.480 e. The Morgan fingerprint density at radius 2 is 1.23 bits per heavy atom. The smallest absolute Gasteiger partial charge is 0.326 e. The molecule has 0 rings (SSSR count). The van der Waals surface area contributed by atoms with Crippen molar-refractivity contribution in [2.75, 3.05) is 6.54 Å². The van der Waals surface area contributed by atoms with E-state index < -0.39 is 12.0 Å². The van der Waals surface area contributed by atoms with E-state index in [0.29, 0.717) is 38.6 Å². The highest BCUT2D eigenvalue weighted by molar-refractivity contribution is 5.83. The average Bonchev–Trinajstić information content (AvgIpc) is 3.05. The number of carboxylic acids is 1. The number of unbranched alkanes of at least 4 members (excludes halogenated alkanes) is 13. The lowest BCUT2D eigenvalue weighted by Gasteiger charge is -2.15. The molecular weight excluding hydrogens is 588 g/mol. The number of aliphatic carboxylic acids is 1. The molecule has 0 heterocycles. The molecule has 2 unspecified atom stereocenters. The number of allylic oxidation sites excluding steroid dienone is 7. The normalized spacial score (nSPS) is 13.3. The zero-order chi connectivity index (χ0) is 34.6. The predicted octanol–water partition coefficient (Wildman–Crippen LogP) is 10.1. The number of ether oxygens (including phenoxy) is 1. The Labute approximate surface area is 287 Å². The van der Waals surface area contributed by atoms with Crippen LogP contribution in [0.5, 0.6) is 0 Å². The molecule has 0 aromatic rings. The van der Waals surface area contributed by atoms with Gasteiger partial charge in [0.15, 0.2) is 0 Å². The molecule has 270 valence electrons. The van der Waals surface area contributed by atoms with Crippen LogP contribution in [0.3, 0.4) is 0 Å². The number of hydrogen-bond acceptors (Lipinski definition) is 5. The summed E-state index contributed by atoms with van der Waals surface area (Å²) in [6.07, 6.45) is 40.3. The Kier molecular flexibility index (Phi) is 32.7. The summed E-state index contributed by atoms with van der Waals surface area (Å²) in [6.45, 7) is 4.78. The Morgan fingerprint density at radius 3 is 1.87 bits per heavy atom. The van der Waals surface area contributed by atoms with Crippen LogP contribution in [-0.4, -0.2) is 41.6 Å². The van der Waals surface area contributed by atoms with E-state index in [4.69, 9.17) is 10.5 Å². The summed E-state index contributed by atoms with van der Waals surface area (Å²) in [6, 6.07) is -0.877. The van der Waals surface area contributed by atoms with Crippen LogP contribution in [0.15, 0.2) is 48.6 Å². The molecular formula is C40H70N2O5. The molecule has 7 heteroatoms. The molecule has 2 atom stereocenters. The van der Waals surface area contributed by atoms with Crippen LogP contribution in [0.1, 0.15) is 168 Å². The fraction of sp³-hybridized carbons (Fsp3) is 0.725. The van der Waals surface area contributed by atoms with Gasteiger partial charge in [-0.2, -0.15) is 0 Å². The zero-order valence-electron chi connectivity index (χ0n) is 30.1. The summed E-state index contributed by atoms with van der Waals surface area (Å²) < 4.78 is 5.87. The van der Waals surface area contributed by atoms with Gasteiger partial charge in [-0.3, -0.25) is 9.59 Å². The lowest BCUT2D eigenvalue weighted by atomic mass is 10.1. The second-order valence-corrected chi connectivity index (χ2v) is 12.6. The minimum absolute atomic E-state index is 0.124. The third-order valence-electron chi connectivity index (χ3n) is 8.11. The maximum atomic E-state index is 12.6. The number of carbonyl (C=O) groups excluding carboxylic acids is 2. The van der Waals surface area contributed by atoms with E-state index in [1.807, 2.05) is 6.08 Å². The van der Waals surface area contributed by atoms with Gasteiger partial charge in [0, 0.05) is 12.8 Å². The van der Waals surface area contributed by atoms with Gasteiger partial charge in [0.05, 0.1) is 0 Å². The van der Waals surface area contributed by atoms with E-state index in [1.54, 1.807) is 0 Å². The minimum Gasteiger partial charge on any atom is -0.480 e. The van der Waals surface area contributed by atoms with Gasteiger partial charge in [-0.25, -0.2) is 4.79 Å². The molecule has 0 saturated heterocycles. The Hall–Kier alpha value is -2.67. The molecule has 4 N–H and O–H groups in total. The van der Waals surface area contributed by atoms with Crippen molar-refractivity contribution < 1.29 is 24.2 Å². The van der Waals surface area contributed by atoms with Crippen LogP contribution >= 0.6 is 0 Å². The molecule has 0 spiro atoms. The molecule has 0 saturated carbocycles. The maximum absolute atomic E-state index is 12.6. The first-order chi connectivity index (χ1) is 22.9. The number of carbonyl (C=O) groups is 3. The highest BCUT2D eigenvalue weighted by atomic mass is 16.5. The van der Waals surface area contributed by atoms with E-state index >= 15 is 0 Å². The Morgan fingerprint density at radius 1 is 0.660 bits per heavy atom. The van der Waals surface area contributed by atoms with Gasteiger partial charge in [-0.1, -0.05) is 114 Å². The lowest BCUT2D eigenvalue weighted by Crippen LogP contribution is -2.40. The zero-order valence-corrected chi connectivity index (χ0v) is 30.1. The predicted molar refractivity (Wildman–Crippen MR) is 197 cm³/mol. The van der Waals surface area contributed by atoms with Crippen LogP contribution in [0.4, 0.5) is 0 Å². The third-order valence-corrected chi connectivity index (χ3v) is 8.11. The van der Waals surface area contributed by atoms with Crippen molar-refractivity contribution in [1.29, 1.82) is 0 Å². The van der Waals surface area contributed by atoms with Crippen molar-refractivity contribution in [2.45, 2.75) is 180 Å². The van der Waals surface area contributed by atoms with Crippen LogP contribution in [0.2, 0.25) is 0 Å². The summed E-state index contributed by atoms with van der Waals surface area (Å²) in [4.78, 5) is 36.2. The van der Waals surface area contributed by atoms with Gasteiger partial charge in [0.25, 0.3) is 0 Å². The second-order valence-electron chi connectivity index (χ2n) is 12.6. The van der Waals surface area contributed by atoms with Gasteiger partial charge in [-0.05, 0) is 96.1 Å². The molecule has 0 fully saturated rings. The first-order valence-electron chi connectivity index (χ1n) is 19.0.